The lowest BCUT2D eigenvalue weighted by atomic mass is 10.1. The number of aliphatic hydroxyl groups is 1. The maximum atomic E-state index is 12.9. The van der Waals surface area contributed by atoms with Crippen LogP contribution in [-0.4, -0.2) is 38.0 Å². The topological polar surface area (TPSA) is 79.8 Å². The second-order valence-corrected chi connectivity index (χ2v) is 5.80. The number of amides is 2. The summed E-state index contributed by atoms with van der Waals surface area (Å²) in [5.41, 5.74) is 0.982. The van der Waals surface area contributed by atoms with Crippen molar-refractivity contribution in [2.24, 2.45) is 0 Å². The molecule has 0 saturated carbocycles. The van der Waals surface area contributed by atoms with E-state index in [-0.39, 0.29) is 6.54 Å². The first-order valence-electron chi connectivity index (χ1n) is 7.89. The number of rotatable bonds is 8. The van der Waals surface area contributed by atoms with Gasteiger partial charge in [-0.2, -0.15) is 0 Å². The molecule has 6 nitrogen and oxygen atoms in total. The number of halogens is 2. The molecule has 8 heteroatoms. The van der Waals surface area contributed by atoms with E-state index in [0.29, 0.717) is 35.2 Å². The Balaban J connectivity index is 1.83. The predicted octanol–water partition coefficient (Wildman–Crippen LogP) is 3.36. The van der Waals surface area contributed by atoms with Crippen LogP contribution in [0.4, 0.5) is 14.9 Å². The van der Waals surface area contributed by atoms with Gasteiger partial charge in [0.15, 0.2) is 0 Å². The molecule has 0 heterocycles. The van der Waals surface area contributed by atoms with Gasteiger partial charge >= 0.3 is 6.03 Å². The molecule has 0 aliphatic rings. The van der Waals surface area contributed by atoms with Gasteiger partial charge in [-0.05, 0) is 35.9 Å². The van der Waals surface area contributed by atoms with Crippen molar-refractivity contribution < 1.29 is 23.8 Å². The highest BCUT2D eigenvalue weighted by atomic mass is 35.5. The van der Waals surface area contributed by atoms with E-state index < -0.39 is 18.0 Å². The SMILES string of the molecule is COCCOc1ccc(NC(=O)NCC(O)c2ccc(F)cc2)cc1Cl. The lowest BCUT2D eigenvalue weighted by Crippen LogP contribution is -2.32. The van der Waals surface area contributed by atoms with Crippen LogP contribution in [0.1, 0.15) is 11.7 Å². The highest BCUT2D eigenvalue weighted by molar-refractivity contribution is 6.32. The minimum Gasteiger partial charge on any atom is -0.490 e. The molecule has 0 aliphatic heterocycles. The van der Waals surface area contributed by atoms with Gasteiger partial charge in [-0.3, -0.25) is 0 Å². The van der Waals surface area contributed by atoms with Gasteiger partial charge in [0.2, 0.25) is 0 Å². The molecule has 0 spiro atoms. The summed E-state index contributed by atoms with van der Waals surface area (Å²) < 4.78 is 23.2. The van der Waals surface area contributed by atoms with E-state index in [4.69, 9.17) is 21.1 Å². The minimum atomic E-state index is -0.943. The third-order valence-electron chi connectivity index (χ3n) is 3.45. The van der Waals surface area contributed by atoms with Crippen molar-refractivity contribution in [2.45, 2.75) is 6.10 Å². The third-order valence-corrected chi connectivity index (χ3v) is 3.74. The molecule has 0 aliphatic carbocycles. The van der Waals surface area contributed by atoms with Crippen molar-refractivity contribution in [2.75, 3.05) is 32.2 Å². The molecular weight excluding hydrogens is 363 g/mol. The Morgan fingerprint density at radius 2 is 1.96 bits per heavy atom. The molecule has 140 valence electrons. The van der Waals surface area contributed by atoms with Gasteiger partial charge in [-0.15, -0.1) is 0 Å². The zero-order chi connectivity index (χ0) is 18.9. The Labute approximate surface area is 155 Å². The fourth-order valence-electron chi connectivity index (χ4n) is 2.10. The number of methoxy groups -OCH3 is 1. The third kappa shape index (κ3) is 6.18. The maximum absolute atomic E-state index is 12.9. The number of carbonyl (C=O) groups excluding carboxylic acids is 1. The number of urea groups is 1. The van der Waals surface area contributed by atoms with Gasteiger partial charge in [-0.25, -0.2) is 9.18 Å². The number of benzene rings is 2. The van der Waals surface area contributed by atoms with E-state index >= 15 is 0 Å². The largest absolute Gasteiger partial charge is 0.490 e. The number of ether oxygens (including phenoxy) is 2. The Hall–Kier alpha value is -2.35. The maximum Gasteiger partial charge on any atom is 0.319 e. The second-order valence-electron chi connectivity index (χ2n) is 5.39. The Kier molecular flexibility index (Phi) is 7.65. The average Bonchev–Trinajstić information content (AvgIpc) is 2.62. The minimum absolute atomic E-state index is 0.0244. The standard InChI is InChI=1S/C18H20ClFN2O4/c1-25-8-9-26-17-7-6-14(10-15(17)19)22-18(24)21-11-16(23)12-2-4-13(20)5-3-12/h2-7,10,16,23H,8-9,11H2,1H3,(H2,21,22,24). The Morgan fingerprint density at radius 1 is 1.23 bits per heavy atom. The highest BCUT2D eigenvalue weighted by Gasteiger charge is 2.11. The normalized spacial score (nSPS) is 11.7. The number of aliphatic hydroxyl groups excluding tert-OH is 1. The first-order valence-corrected chi connectivity index (χ1v) is 8.27. The van der Waals surface area contributed by atoms with Gasteiger partial charge in [0.05, 0.1) is 17.7 Å². The monoisotopic (exact) mass is 382 g/mol. The van der Waals surface area contributed by atoms with Crippen molar-refractivity contribution in [1.82, 2.24) is 5.32 Å². The summed E-state index contributed by atoms with van der Waals surface area (Å²) in [6, 6.07) is 9.75. The van der Waals surface area contributed by atoms with Crippen LogP contribution in [0, 0.1) is 5.82 Å². The van der Waals surface area contributed by atoms with E-state index in [1.165, 1.54) is 24.3 Å². The van der Waals surface area contributed by atoms with Crippen LogP contribution in [0.2, 0.25) is 5.02 Å². The summed E-state index contributed by atoms with van der Waals surface area (Å²) in [6.07, 6.45) is -0.943. The molecule has 1 atom stereocenters. The number of hydrogen-bond donors (Lipinski definition) is 3. The Morgan fingerprint density at radius 3 is 2.62 bits per heavy atom. The molecule has 26 heavy (non-hydrogen) atoms. The number of carbonyl (C=O) groups is 1. The molecule has 2 amide bonds. The first kappa shape index (κ1) is 20.0. The zero-order valence-corrected chi connectivity index (χ0v) is 14.9. The molecule has 0 fully saturated rings. The van der Waals surface area contributed by atoms with Crippen molar-refractivity contribution in [3.63, 3.8) is 0 Å². The lowest BCUT2D eigenvalue weighted by Gasteiger charge is -2.14. The summed E-state index contributed by atoms with van der Waals surface area (Å²) in [4.78, 5) is 11.9. The van der Waals surface area contributed by atoms with Gasteiger partial charge in [0.1, 0.15) is 18.2 Å². The molecule has 2 aromatic carbocycles. The van der Waals surface area contributed by atoms with Crippen molar-refractivity contribution in [3.05, 3.63) is 58.9 Å². The molecule has 2 aromatic rings. The smallest absolute Gasteiger partial charge is 0.319 e. The van der Waals surface area contributed by atoms with E-state index in [1.807, 2.05) is 0 Å². The first-order chi connectivity index (χ1) is 12.5. The van der Waals surface area contributed by atoms with Crippen molar-refractivity contribution >= 4 is 23.3 Å². The molecule has 3 N–H and O–H groups in total. The summed E-state index contributed by atoms with van der Waals surface area (Å²) in [5, 5.41) is 15.5. The van der Waals surface area contributed by atoms with Crippen LogP contribution in [0.15, 0.2) is 42.5 Å². The molecule has 0 saturated heterocycles. The van der Waals surface area contributed by atoms with E-state index in [1.54, 1.807) is 25.3 Å². The molecule has 0 bridgehead atoms. The quantitative estimate of drug-likeness (QED) is 0.612. The second kappa shape index (κ2) is 9.96. The molecule has 0 aromatic heterocycles. The van der Waals surface area contributed by atoms with Crippen LogP contribution in [0.25, 0.3) is 0 Å². The average molecular weight is 383 g/mol. The van der Waals surface area contributed by atoms with Crippen molar-refractivity contribution in [3.8, 4) is 5.75 Å². The molecular formula is C18H20ClFN2O4. The molecule has 0 radical (unpaired) electrons. The fourth-order valence-corrected chi connectivity index (χ4v) is 2.33. The van der Waals surface area contributed by atoms with Crippen LogP contribution < -0.4 is 15.4 Å². The summed E-state index contributed by atoms with van der Waals surface area (Å²) in [6.45, 7) is 0.781. The van der Waals surface area contributed by atoms with Crippen LogP contribution in [0.5, 0.6) is 5.75 Å². The number of anilines is 1. The van der Waals surface area contributed by atoms with Crippen LogP contribution in [-0.2, 0) is 4.74 Å². The van der Waals surface area contributed by atoms with Gasteiger partial charge in [0, 0.05) is 19.3 Å². The fraction of sp³-hybridized carbons (Fsp3) is 0.278. The van der Waals surface area contributed by atoms with Gasteiger partial charge < -0.3 is 25.2 Å². The highest BCUT2D eigenvalue weighted by Crippen LogP contribution is 2.27. The van der Waals surface area contributed by atoms with E-state index in [0.717, 1.165) is 0 Å². The zero-order valence-electron chi connectivity index (χ0n) is 14.2. The summed E-state index contributed by atoms with van der Waals surface area (Å²) >= 11 is 6.10. The van der Waals surface area contributed by atoms with Gasteiger partial charge in [-0.1, -0.05) is 23.7 Å². The molecule has 1 unspecified atom stereocenters. The van der Waals surface area contributed by atoms with Gasteiger partial charge in [0.25, 0.3) is 0 Å². The Bertz CT molecular complexity index is 728. The molecule has 2 rings (SSSR count). The van der Waals surface area contributed by atoms with Crippen LogP contribution in [0.3, 0.4) is 0 Å². The van der Waals surface area contributed by atoms with E-state index in [2.05, 4.69) is 10.6 Å². The summed E-state index contributed by atoms with van der Waals surface area (Å²) in [7, 11) is 1.57. The van der Waals surface area contributed by atoms with E-state index in [9.17, 15) is 14.3 Å². The number of nitrogens with one attached hydrogen (secondary N) is 2. The van der Waals surface area contributed by atoms with Crippen LogP contribution >= 0.6 is 11.6 Å². The van der Waals surface area contributed by atoms with Crippen molar-refractivity contribution in [1.29, 1.82) is 0 Å². The predicted molar refractivity (Wildman–Crippen MR) is 97.2 cm³/mol. The lowest BCUT2D eigenvalue weighted by molar-refractivity contribution is 0.146. The summed E-state index contributed by atoms with van der Waals surface area (Å²) in [5.74, 6) is 0.0968. The number of hydrogen-bond acceptors (Lipinski definition) is 4.